The molecule has 1 aromatic carbocycles. The van der Waals surface area contributed by atoms with Gasteiger partial charge in [0.25, 0.3) is 0 Å². The van der Waals surface area contributed by atoms with Crippen molar-refractivity contribution in [2.45, 2.75) is 13.0 Å². The average molecular weight is 284 g/mol. The summed E-state index contributed by atoms with van der Waals surface area (Å²) in [6, 6.07) is 4.46. The van der Waals surface area contributed by atoms with E-state index in [0.717, 1.165) is 0 Å². The maximum atomic E-state index is 10.8. The number of aromatic nitrogens is 3. The standard InChI is InChI=1S/C10H12N4O4S/c11-19(17,18)5-1-4-14-9-3-2-7(10(15)16)6-8(9)12-13-14/h2-3,6H,1,4-5H2,(H,15,16)(H2,11,17,18). The highest BCUT2D eigenvalue weighted by Gasteiger charge is 2.09. The Balaban J connectivity index is 2.19. The number of aryl methyl sites for hydroxylation is 1. The van der Waals surface area contributed by atoms with Gasteiger partial charge in [0, 0.05) is 6.54 Å². The molecule has 0 atom stereocenters. The SMILES string of the molecule is NS(=O)(=O)CCCn1nnc2cc(C(=O)O)ccc21. The molecule has 0 amide bonds. The van der Waals surface area contributed by atoms with Crippen LogP contribution in [0.3, 0.4) is 0 Å². The van der Waals surface area contributed by atoms with Crippen LogP contribution in [0.15, 0.2) is 18.2 Å². The van der Waals surface area contributed by atoms with E-state index in [4.69, 9.17) is 10.2 Å². The zero-order valence-corrected chi connectivity index (χ0v) is 10.7. The van der Waals surface area contributed by atoms with Gasteiger partial charge in [-0.2, -0.15) is 0 Å². The number of fused-ring (bicyclic) bond motifs is 1. The van der Waals surface area contributed by atoms with E-state index in [2.05, 4.69) is 10.3 Å². The second kappa shape index (κ2) is 4.94. The second-order valence-electron chi connectivity index (χ2n) is 4.04. The second-order valence-corrected chi connectivity index (χ2v) is 5.78. The van der Waals surface area contributed by atoms with Crippen LogP contribution in [0.5, 0.6) is 0 Å². The van der Waals surface area contributed by atoms with Crippen molar-refractivity contribution >= 4 is 27.0 Å². The van der Waals surface area contributed by atoms with Gasteiger partial charge in [-0.25, -0.2) is 23.0 Å². The molecule has 2 rings (SSSR count). The van der Waals surface area contributed by atoms with Gasteiger partial charge in [-0.3, -0.25) is 0 Å². The zero-order chi connectivity index (χ0) is 14.0. The predicted octanol–water partition coefficient (Wildman–Crippen LogP) is -0.192. The first kappa shape index (κ1) is 13.4. The third kappa shape index (κ3) is 3.26. The lowest BCUT2D eigenvalue weighted by molar-refractivity contribution is 0.0697. The lowest BCUT2D eigenvalue weighted by atomic mass is 10.2. The molecule has 0 bridgehead atoms. The summed E-state index contributed by atoms with van der Waals surface area (Å²) in [5, 5.41) is 21.4. The Kier molecular flexibility index (Phi) is 3.49. The van der Waals surface area contributed by atoms with Gasteiger partial charge in [-0.05, 0) is 24.6 Å². The number of rotatable bonds is 5. The highest BCUT2D eigenvalue weighted by molar-refractivity contribution is 7.89. The monoisotopic (exact) mass is 284 g/mol. The quantitative estimate of drug-likeness (QED) is 0.783. The van der Waals surface area contributed by atoms with Crippen LogP contribution in [-0.2, 0) is 16.6 Å². The van der Waals surface area contributed by atoms with Gasteiger partial charge in [0.05, 0.1) is 16.8 Å². The van der Waals surface area contributed by atoms with Crippen molar-refractivity contribution in [1.29, 1.82) is 0 Å². The molecule has 0 fully saturated rings. The molecule has 0 aliphatic carbocycles. The minimum atomic E-state index is -3.49. The molecule has 0 spiro atoms. The van der Waals surface area contributed by atoms with E-state index >= 15 is 0 Å². The van der Waals surface area contributed by atoms with Crippen LogP contribution in [0.2, 0.25) is 0 Å². The van der Waals surface area contributed by atoms with E-state index in [1.807, 2.05) is 0 Å². The number of sulfonamides is 1. The Hall–Kier alpha value is -2.00. The molecule has 2 aromatic rings. The molecule has 0 aliphatic heterocycles. The first-order valence-corrected chi connectivity index (χ1v) is 7.15. The van der Waals surface area contributed by atoms with E-state index in [9.17, 15) is 13.2 Å². The summed E-state index contributed by atoms with van der Waals surface area (Å²) >= 11 is 0. The van der Waals surface area contributed by atoms with Crippen LogP contribution in [0.25, 0.3) is 11.0 Å². The number of carboxylic acid groups (broad SMARTS) is 1. The lowest BCUT2D eigenvalue weighted by Crippen LogP contribution is -2.18. The summed E-state index contributed by atoms with van der Waals surface area (Å²) in [4.78, 5) is 10.8. The number of carbonyl (C=O) groups is 1. The van der Waals surface area contributed by atoms with Crippen molar-refractivity contribution in [3.05, 3.63) is 23.8 Å². The van der Waals surface area contributed by atoms with E-state index in [1.165, 1.54) is 16.8 Å². The molecule has 19 heavy (non-hydrogen) atoms. The summed E-state index contributed by atoms with van der Waals surface area (Å²) in [7, 11) is -3.49. The van der Waals surface area contributed by atoms with Crippen molar-refractivity contribution in [3.63, 3.8) is 0 Å². The number of primary sulfonamides is 1. The molecular formula is C10H12N4O4S. The van der Waals surface area contributed by atoms with Crippen molar-refractivity contribution in [2.75, 3.05) is 5.75 Å². The van der Waals surface area contributed by atoms with Gasteiger partial charge < -0.3 is 5.11 Å². The summed E-state index contributed by atoms with van der Waals surface area (Å²) in [6.07, 6.45) is 0.317. The minimum Gasteiger partial charge on any atom is -0.478 e. The van der Waals surface area contributed by atoms with Crippen LogP contribution in [0.1, 0.15) is 16.8 Å². The number of hydrogen-bond donors (Lipinski definition) is 2. The number of nitrogens with two attached hydrogens (primary N) is 1. The van der Waals surface area contributed by atoms with E-state index in [0.29, 0.717) is 24.0 Å². The van der Waals surface area contributed by atoms with Gasteiger partial charge in [0.15, 0.2) is 0 Å². The molecule has 9 heteroatoms. The Morgan fingerprint density at radius 3 is 2.79 bits per heavy atom. The minimum absolute atomic E-state index is 0.129. The van der Waals surface area contributed by atoms with Crippen LogP contribution in [0, 0.1) is 0 Å². The fourth-order valence-corrected chi connectivity index (χ4v) is 2.22. The van der Waals surface area contributed by atoms with Gasteiger partial charge in [0.1, 0.15) is 5.52 Å². The molecule has 0 saturated carbocycles. The number of benzene rings is 1. The first-order valence-electron chi connectivity index (χ1n) is 5.44. The highest BCUT2D eigenvalue weighted by Crippen LogP contribution is 2.13. The molecule has 8 nitrogen and oxygen atoms in total. The van der Waals surface area contributed by atoms with Gasteiger partial charge in [-0.1, -0.05) is 5.21 Å². The molecule has 0 radical (unpaired) electrons. The normalized spacial score (nSPS) is 11.8. The number of nitrogens with zero attached hydrogens (tertiary/aromatic N) is 3. The molecule has 102 valence electrons. The van der Waals surface area contributed by atoms with E-state index < -0.39 is 16.0 Å². The maximum Gasteiger partial charge on any atom is 0.335 e. The molecular weight excluding hydrogens is 272 g/mol. The van der Waals surface area contributed by atoms with Crippen LogP contribution < -0.4 is 5.14 Å². The van der Waals surface area contributed by atoms with Crippen molar-refractivity contribution in [2.24, 2.45) is 5.14 Å². The molecule has 0 unspecified atom stereocenters. The predicted molar refractivity (Wildman–Crippen MR) is 67.1 cm³/mol. The molecule has 0 aliphatic rings. The topological polar surface area (TPSA) is 128 Å². The first-order chi connectivity index (χ1) is 8.87. The van der Waals surface area contributed by atoms with Crippen molar-refractivity contribution in [1.82, 2.24) is 15.0 Å². The summed E-state index contributed by atoms with van der Waals surface area (Å²) in [5.41, 5.74) is 1.24. The average Bonchev–Trinajstić information content (AvgIpc) is 2.70. The summed E-state index contributed by atoms with van der Waals surface area (Å²) < 4.78 is 23.1. The fourth-order valence-electron chi connectivity index (χ4n) is 1.69. The number of aromatic carboxylic acids is 1. The third-order valence-electron chi connectivity index (χ3n) is 2.56. The zero-order valence-electron chi connectivity index (χ0n) is 9.85. The third-order valence-corrected chi connectivity index (χ3v) is 3.42. The van der Waals surface area contributed by atoms with Crippen LogP contribution >= 0.6 is 0 Å². The van der Waals surface area contributed by atoms with Crippen molar-refractivity contribution < 1.29 is 18.3 Å². The Bertz CT molecular complexity index is 722. The van der Waals surface area contributed by atoms with E-state index in [1.54, 1.807) is 6.07 Å². The highest BCUT2D eigenvalue weighted by atomic mass is 32.2. The Morgan fingerprint density at radius 2 is 2.16 bits per heavy atom. The fraction of sp³-hybridized carbons (Fsp3) is 0.300. The maximum absolute atomic E-state index is 10.8. The van der Waals surface area contributed by atoms with Gasteiger partial charge >= 0.3 is 5.97 Å². The Morgan fingerprint density at radius 1 is 1.42 bits per heavy atom. The largest absolute Gasteiger partial charge is 0.478 e. The molecule has 0 saturated heterocycles. The summed E-state index contributed by atoms with van der Waals surface area (Å²) in [5.74, 6) is -1.17. The molecule has 3 N–H and O–H groups in total. The van der Waals surface area contributed by atoms with Crippen LogP contribution in [-0.4, -0.2) is 40.2 Å². The number of carboxylic acids is 1. The summed E-state index contributed by atoms with van der Waals surface area (Å²) in [6.45, 7) is 0.347. The van der Waals surface area contributed by atoms with Gasteiger partial charge in [-0.15, -0.1) is 5.10 Å². The smallest absolute Gasteiger partial charge is 0.335 e. The van der Waals surface area contributed by atoms with Crippen molar-refractivity contribution in [3.8, 4) is 0 Å². The van der Waals surface area contributed by atoms with Crippen LogP contribution in [0.4, 0.5) is 0 Å². The van der Waals surface area contributed by atoms with E-state index in [-0.39, 0.29) is 11.3 Å². The molecule has 1 aromatic heterocycles. The molecule has 1 heterocycles. The lowest BCUT2D eigenvalue weighted by Gasteiger charge is -2.01. The Labute approximate surface area is 108 Å². The number of hydrogen-bond acceptors (Lipinski definition) is 5. The van der Waals surface area contributed by atoms with Gasteiger partial charge in [0.2, 0.25) is 10.0 Å².